The summed E-state index contributed by atoms with van der Waals surface area (Å²) >= 11 is 0. The molecule has 0 atom stereocenters. The Labute approximate surface area is 101 Å². The van der Waals surface area contributed by atoms with Gasteiger partial charge in [-0.25, -0.2) is 0 Å². The lowest BCUT2D eigenvalue weighted by molar-refractivity contribution is 0.0757. The zero-order chi connectivity index (χ0) is 12.2. The van der Waals surface area contributed by atoms with E-state index in [2.05, 4.69) is 33.0 Å². The van der Waals surface area contributed by atoms with Crippen LogP contribution in [0, 0.1) is 5.92 Å². The topological polar surface area (TPSA) is 30.5 Å². The first-order chi connectivity index (χ1) is 7.63. The zero-order valence-corrected chi connectivity index (χ0v) is 11.4. The fourth-order valence-corrected chi connectivity index (χ4v) is 1.26. The van der Waals surface area contributed by atoms with E-state index < -0.39 is 0 Å². The lowest BCUT2D eigenvalue weighted by atomic mass is 10.2. The highest BCUT2D eigenvalue weighted by Crippen LogP contribution is 1.93. The summed E-state index contributed by atoms with van der Waals surface area (Å²) in [6.07, 6.45) is 2.67. The SMILES string of the molecule is CC(C)COCCNCCCCOC(C)C. The largest absolute Gasteiger partial charge is 0.380 e. The second-order valence-electron chi connectivity index (χ2n) is 4.85. The lowest BCUT2D eigenvalue weighted by Crippen LogP contribution is -2.22. The first kappa shape index (κ1) is 15.9. The van der Waals surface area contributed by atoms with E-state index in [0.717, 1.165) is 39.3 Å². The molecule has 0 rings (SSSR count). The fraction of sp³-hybridized carbons (Fsp3) is 1.00. The molecule has 0 aliphatic rings. The maximum Gasteiger partial charge on any atom is 0.0591 e. The maximum absolute atomic E-state index is 5.47. The summed E-state index contributed by atoms with van der Waals surface area (Å²) in [7, 11) is 0. The average Bonchev–Trinajstić information content (AvgIpc) is 2.20. The molecule has 3 heteroatoms. The van der Waals surface area contributed by atoms with Crippen molar-refractivity contribution in [2.45, 2.75) is 46.6 Å². The third-order valence-corrected chi connectivity index (χ3v) is 2.07. The second-order valence-corrected chi connectivity index (χ2v) is 4.85. The molecule has 0 bridgehead atoms. The van der Waals surface area contributed by atoms with E-state index in [1.165, 1.54) is 6.42 Å². The molecule has 0 spiro atoms. The van der Waals surface area contributed by atoms with E-state index >= 15 is 0 Å². The van der Waals surface area contributed by atoms with Crippen molar-refractivity contribution in [1.29, 1.82) is 0 Å². The molecule has 16 heavy (non-hydrogen) atoms. The van der Waals surface area contributed by atoms with Crippen molar-refractivity contribution in [2.24, 2.45) is 5.92 Å². The third-order valence-electron chi connectivity index (χ3n) is 2.07. The Bertz CT molecular complexity index is 122. The van der Waals surface area contributed by atoms with Gasteiger partial charge in [0, 0.05) is 19.8 Å². The summed E-state index contributed by atoms with van der Waals surface area (Å²) in [4.78, 5) is 0. The summed E-state index contributed by atoms with van der Waals surface area (Å²) in [6.45, 7) is 13.1. The van der Waals surface area contributed by atoms with Crippen LogP contribution >= 0.6 is 0 Å². The second kappa shape index (κ2) is 11.4. The number of unbranched alkanes of at least 4 members (excludes halogenated alkanes) is 1. The first-order valence-electron chi connectivity index (χ1n) is 6.53. The van der Waals surface area contributed by atoms with Crippen LogP contribution in [0.25, 0.3) is 0 Å². The zero-order valence-electron chi connectivity index (χ0n) is 11.4. The monoisotopic (exact) mass is 231 g/mol. The minimum absolute atomic E-state index is 0.359. The minimum Gasteiger partial charge on any atom is -0.380 e. The molecular formula is C13H29NO2. The van der Waals surface area contributed by atoms with Gasteiger partial charge in [0.15, 0.2) is 0 Å². The van der Waals surface area contributed by atoms with Gasteiger partial charge >= 0.3 is 0 Å². The minimum atomic E-state index is 0.359. The molecule has 0 amide bonds. The Hall–Kier alpha value is -0.120. The molecule has 0 aromatic heterocycles. The molecular weight excluding hydrogens is 202 g/mol. The number of rotatable bonds is 11. The van der Waals surface area contributed by atoms with Crippen LogP contribution in [-0.4, -0.2) is 39.0 Å². The quantitative estimate of drug-likeness (QED) is 0.554. The summed E-state index contributed by atoms with van der Waals surface area (Å²) in [5.41, 5.74) is 0. The van der Waals surface area contributed by atoms with Gasteiger partial charge < -0.3 is 14.8 Å². The van der Waals surface area contributed by atoms with Crippen molar-refractivity contribution < 1.29 is 9.47 Å². The van der Waals surface area contributed by atoms with Gasteiger partial charge in [0.2, 0.25) is 0 Å². The van der Waals surface area contributed by atoms with E-state index in [0.29, 0.717) is 12.0 Å². The highest BCUT2D eigenvalue weighted by Gasteiger charge is 1.95. The van der Waals surface area contributed by atoms with Gasteiger partial charge in [-0.2, -0.15) is 0 Å². The predicted octanol–water partition coefficient (Wildman–Crippen LogP) is 2.45. The van der Waals surface area contributed by atoms with Crippen LogP contribution in [0.5, 0.6) is 0 Å². The van der Waals surface area contributed by atoms with Crippen LogP contribution in [0.2, 0.25) is 0 Å². The Balaban J connectivity index is 2.93. The Kier molecular flexibility index (Phi) is 11.3. The van der Waals surface area contributed by atoms with Crippen molar-refractivity contribution in [3.8, 4) is 0 Å². The highest BCUT2D eigenvalue weighted by atomic mass is 16.5. The lowest BCUT2D eigenvalue weighted by Gasteiger charge is -2.09. The summed E-state index contributed by atoms with van der Waals surface area (Å²) in [6, 6.07) is 0. The third kappa shape index (κ3) is 13.9. The molecule has 98 valence electrons. The van der Waals surface area contributed by atoms with Gasteiger partial charge in [-0.05, 0) is 39.2 Å². The maximum atomic E-state index is 5.47. The number of ether oxygens (including phenoxy) is 2. The van der Waals surface area contributed by atoms with Crippen molar-refractivity contribution in [1.82, 2.24) is 5.32 Å². The number of nitrogens with one attached hydrogen (secondary N) is 1. The molecule has 0 aromatic carbocycles. The van der Waals surface area contributed by atoms with Crippen LogP contribution in [0.4, 0.5) is 0 Å². The van der Waals surface area contributed by atoms with Crippen molar-refractivity contribution in [3.05, 3.63) is 0 Å². The standard InChI is InChI=1S/C13H29NO2/c1-12(2)11-15-10-8-14-7-5-6-9-16-13(3)4/h12-14H,5-11H2,1-4H3. The van der Waals surface area contributed by atoms with Crippen molar-refractivity contribution in [3.63, 3.8) is 0 Å². The number of hydrogen-bond donors (Lipinski definition) is 1. The Morgan fingerprint density at radius 2 is 1.69 bits per heavy atom. The molecule has 0 aliphatic heterocycles. The van der Waals surface area contributed by atoms with Crippen LogP contribution in [0.3, 0.4) is 0 Å². The van der Waals surface area contributed by atoms with E-state index in [1.54, 1.807) is 0 Å². The van der Waals surface area contributed by atoms with Crippen molar-refractivity contribution in [2.75, 3.05) is 32.9 Å². The molecule has 1 N–H and O–H groups in total. The van der Waals surface area contributed by atoms with Crippen LogP contribution < -0.4 is 5.32 Å². The van der Waals surface area contributed by atoms with E-state index in [1.807, 2.05) is 0 Å². The summed E-state index contributed by atoms with van der Waals surface area (Å²) in [5.74, 6) is 0.633. The molecule has 0 saturated heterocycles. The van der Waals surface area contributed by atoms with Gasteiger partial charge in [0.05, 0.1) is 12.7 Å². The summed E-state index contributed by atoms with van der Waals surface area (Å²) in [5, 5.41) is 3.37. The van der Waals surface area contributed by atoms with Gasteiger partial charge in [-0.3, -0.25) is 0 Å². The van der Waals surface area contributed by atoms with Gasteiger partial charge in [0.1, 0.15) is 0 Å². The van der Waals surface area contributed by atoms with Gasteiger partial charge in [-0.1, -0.05) is 13.8 Å². The number of hydrogen-bond acceptors (Lipinski definition) is 3. The van der Waals surface area contributed by atoms with Crippen LogP contribution in [0.15, 0.2) is 0 Å². The smallest absolute Gasteiger partial charge is 0.0591 e. The average molecular weight is 231 g/mol. The normalized spacial score (nSPS) is 11.6. The predicted molar refractivity (Wildman–Crippen MR) is 68.8 cm³/mol. The Morgan fingerprint density at radius 3 is 2.31 bits per heavy atom. The molecule has 0 unspecified atom stereocenters. The van der Waals surface area contributed by atoms with E-state index in [-0.39, 0.29) is 0 Å². The molecule has 0 heterocycles. The molecule has 0 aromatic rings. The summed E-state index contributed by atoms with van der Waals surface area (Å²) < 4.78 is 10.9. The molecule has 3 nitrogen and oxygen atoms in total. The van der Waals surface area contributed by atoms with Gasteiger partial charge in [-0.15, -0.1) is 0 Å². The molecule has 0 radical (unpaired) electrons. The van der Waals surface area contributed by atoms with E-state index in [9.17, 15) is 0 Å². The van der Waals surface area contributed by atoms with Crippen LogP contribution in [-0.2, 0) is 9.47 Å². The van der Waals surface area contributed by atoms with Crippen molar-refractivity contribution >= 4 is 0 Å². The highest BCUT2D eigenvalue weighted by molar-refractivity contribution is 4.49. The Morgan fingerprint density at radius 1 is 0.938 bits per heavy atom. The fourth-order valence-electron chi connectivity index (χ4n) is 1.26. The van der Waals surface area contributed by atoms with Crippen LogP contribution in [0.1, 0.15) is 40.5 Å². The van der Waals surface area contributed by atoms with Gasteiger partial charge in [0.25, 0.3) is 0 Å². The van der Waals surface area contributed by atoms with E-state index in [4.69, 9.17) is 9.47 Å². The molecule has 0 aliphatic carbocycles. The molecule has 0 saturated carbocycles. The first-order valence-corrected chi connectivity index (χ1v) is 6.53. The molecule has 0 fully saturated rings.